The molecule has 4 nitrogen and oxygen atoms in total. The van der Waals surface area contributed by atoms with E-state index in [4.69, 9.17) is 22.1 Å². The molecule has 2 rings (SSSR count). The Morgan fingerprint density at radius 3 is 2.65 bits per heavy atom. The molecule has 0 aliphatic carbocycles. The van der Waals surface area contributed by atoms with Crippen LogP contribution in [0.5, 0.6) is 5.75 Å². The van der Waals surface area contributed by atoms with Gasteiger partial charge in [0.1, 0.15) is 11.8 Å². The maximum atomic E-state index is 11.7. The Morgan fingerprint density at radius 1 is 1.25 bits per heavy atom. The van der Waals surface area contributed by atoms with Crippen molar-refractivity contribution in [2.24, 2.45) is 5.73 Å². The van der Waals surface area contributed by atoms with Gasteiger partial charge >= 0.3 is 0 Å². The highest BCUT2D eigenvalue weighted by Gasteiger charge is 2.20. The second kappa shape index (κ2) is 6.30. The van der Waals surface area contributed by atoms with E-state index in [2.05, 4.69) is 5.32 Å². The Morgan fingerprint density at radius 2 is 2.00 bits per heavy atom. The zero-order valence-electron chi connectivity index (χ0n) is 11.0. The molecular formula is C15H15ClN2O2. The Bertz CT molecular complexity index is 616. The number of primary amides is 1. The first-order valence-corrected chi connectivity index (χ1v) is 6.44. The largest absolute Gasteiger partial charge is 0.497 e. The van der Waals surface area contributed by atoms with Gasteiger partial charge in [0.15, 0.2) is 0 Å². The molecule has 0 aromatic heterocycles. The maximum absolute atomic E-state index is 11.7. The minimum Gasteiger partial charge on any atom is -0.497 e. The SMILES string of the molecule is COc1cccc(NC(C(N)=O)c2ccccc2Cl)c1. The summed E-state index contributed by atoms with van der Waals surface area (Å²) in [6.45, 7) is 0. The monoisotopic (exact) mass is 290 g/mol. The number of methoxy groups -OCH3 is 1. The van der Waals surface area contributed by atoms with Gasteiger partial charge in [-0.05, 0) is 18.2 Å². The van der Waals surface area contributed by atoms with Crippen LogP contribution < -0.4 is 15.8 Å². The van der Waals surface area contributed by atoms with Crippen LogP contribution in [0, 0.1) is 0 Å². The lowest BCUT2D eigenvalue weighted by molar-refractivity contribution is -0.118. The third-order valence-corrected chi connectivity index (χ3v) is 3.23. The number of rotatable bonds is 5. The Balaban J connectivity index is 2.31. The second-order valence-electron chi connectivity index (χ2n) is 4.23. The lowest BCUT2D eigenvalue weighted by Gasteiger charge is -2.18. The molecule has 0 bridgehead atoms. The van der Waals surface area contributed by atoms with E-state index in [1.807, 2.05) is 24.3 Å². The van der Waals surface area contributed by atoms with Crippen molar-refractivity contribution in [2.75, 3.05) is 12.4 Å². The highest BCUT2D eigenvalue weighted by Crippen LogP contribution is 2.27. The predicted molar refractivity (Wildman–Crippen MR) is 80.0 cm³/mol. The smallest absolute Gasteiger partial charge is 0.244 e. The van der Waals surface area contributed by atoms with Crippen LogP contribution >= 0.6 is 11.6 Å². The van der Waals surface area contributed by atoms with Crippen molar-refractivity contribution in [2.45, 2.75) is 6.04 Å². The fraction of sp³-hybridized carbons (Fsp3) is 0.133. The Kier molecular flexibility index (Phi) is 4.48. The zero-order valence-corrected chi connectivity index (χ0v) is 11.7. The zero-order chi connectivity index (χ0) is 14.5. The molecule has 2 aromatic carbocycles. The summed E-state index contributed by atoms with van der Waals surface area (Å²) in [7, 11) is 1.58. The molecule has 0 saturated heterocycles. The molecule has 5 heteroatoms. The van der Waals surface area contributed by atoms with Crippen molar-refractivity contribution in [3.05, 3.63) is 59.1 Å². The molecule has 0 spiro atoms. The molecule has 2 aromatic rings. The lowest BCUT2D eigenvalue weighted by atomic mass is 10.1. The molecule has 0 fully saturated rings. The number of halogens is 1. The number of nitrogens with two attached hydrogens (primary N) is 1. The van der Waals surface area contributed by atoms with Crippen LogP contribution in [0.1, 0.15) is 11.6 Å². The predicted octanol–water partition coefficient (Wildman–Crippen LogP) is 2.99. The summed E-state index contributed by atoms with van der Waals surface area (Å²) < 4.78 is 5.14. The summed E-state index contributed by atoms with van der Waals surface area (Å²) in [6.07, 6.45) is 0. The van der Waals surface area contributed by atoms with Gasteiger partial charge in [-0.1, -0.05) is 35.9 Å². The fourth-order valence-electron chi connectivity index (χ4n) is 1.89. The van der Waals surface area contributed by atoms with E-state index in [1.54, 1.807) is 31.4 Å². The minimum atomic E-state index is -0.698. The lowest BCUT2D eigenvalue weighted by Crippen LogP contribution is -2.28. The van der Waals surface area contributed by atoms with Crippen molar-refractivity contribution in [3.8, 4) is 5.75 Å². The van der Waals surface area contributed by atoms with E-state index >= 15 is 0 Å². The van der Waals surface area contributed by atoms with E-state index in [0.717, 1.165) is 5.69 Å². The normalized spacial score (nSPS) is 11.7. The highest BCUT2D eigenvalue weighted by molar-refractivity contribution is 6.31. The van der Waals surface area contributed by atoms with E-state index in [-0.39, 0.29) is 0 Å². The Labute approximate surface area is 122 Å². The molecule has 0 radical (unpaired) electrons. The molecule has 0 aliphatic heterocycles. The van der Waals surface area contributed by atoms with E-state index < -0.39 is 11.9 Å². The van der Waals surface area contributed by atoms with E-state index in [0.29, 0.717) is 16.3 Å². The van der Waals surface area contributed by atoms with Crippen molar-refractivity contribution < 1.29 is 9.53 Å². The number of hydrogen-bond donors (Lipinski definition) is 2. The first kappa shape index (κ1) is 14.2. The summed E-state index contributed by atoms with van der Waals surface area (Å²) in [4.78, 5) is 11.7. The van der Waals surface area contributed by atoms with Gasteiger partial charge in [0.25, 0.3) is 0 Å². The fourth-order valence-corrected chi connectivity index (χ4v) is 2.14. The van der Waals surface area contributed by atoms with Gasteiger partial charge < -0.3 is 15.8 Å². The van der Waals surface area contributed by atoms with Crippen LogP contribution in [0.4, 0.5) is 5.69 Å². The molecule has 1 atom stereocenters. The van der Waals surface area contributed by atoms with Gasteiger partial charge in [-0.25, -0.2) is 0 Å². The molecule has 1 amide bonds. The van der Waals surface area contributed by atoms with Crippen LogP contribution in [-0.2, 0) is 4.79 Å². The number of hydrogen-bond acceptors (Lipinski definition) is 3. The number of ether oxygens (including phenoxy) is 1. The molecule has 20 heavy (non-hydrogen) atoms. The number of carbonyl (C=O) groups is 1. The van der Waals surface area contributed by atoms with Gasteiger partial charge in [0, 0.05) is 22.3 Å². The maximum Gasteiger partial charge on any atom is 0.244 e. The van der Waals surface area contributed by atoms with Crippen LogP contribution in [0.3, 0.4) is 0 Å². The standard InChI is InChI=1S/C15H15ClN2O2/c1-20-11-6-4-5-10(9-11)18-14(15(17)19)12-7-2-3-8-13(12)16/h2-9,14,18H,1H3,(H2,17,19). The number of nitrogens with one attached hydrogen (secondary N) is 1. The molecule has 3 N–H and O–H groups in total. The first-order chi connectivity index (χ1) is 9.61. The number of benzene rings is 2. The van der Waals surface area contributed by atoms with Gasteiger partial charge in [-0.2, -0.15) is 0 Å². The molecule has 0 heterocycles. The topological polar surface area (TPSA) is 64.3 Å². The number of carbonyl (C=O) groups excluding carboxylic acids is 1. The van der Waals surface area contributed by atoms with Crippen LogP contribution in [0.15, 0.2) is 48.5 Å². The quantitative estimate of drug-likeness (QED) is 0.890. The van der Waals surface area contributed by atoms with E-state index in [9.17, 15) is 4.79 Å². The average molecular weight is 291 g/mol. The third-order valence-electron chi connectivity index (χ3n) is 2.88. The average Bonchev–Trinajstić information content (AvgIpc) is 2.45. The van der Waals surface area contributed by atoms with E-state index in [1.165, 1.54) is 0 Å². The van der Waals surface area contributed by atoms with Crippen molar-refractivity contribution >= 4 is 23.2 Å². The van der Waals surface area contributed by atoms with Gasteiger partial charge in [-0.15, -0.1) is 0 Å². The van der Waals surface area contributed by atoms with Crippen LogP contribution in [0.25, 0.3) is 0 Å². The highest BCUT2D eigenvalue weighted by atomic mass is 35.5. The van der Waals surface area contributed by atoms with Crippen LogP contribution in [-0.4, -0.2) is 13.0 Å². The van der Waals surface area contributed by atoms with Gasteiger partial charge in [0.2, 0.25) is 5.91 Å². The molecule has 104 valence electrons. The minimum absolute atomic E-state index is 0.492. The second-order valence-corrected chi connectivity index (χ2v) is 4.64. The number of amides is 1. The van der Waals surface area contributed by atoms with Crippen molar-refractivity contribution in [1.82, 2.24) is 0 Å². The molecule has 1 unspecified atom stereocenters. The number of anilines is 1. The summed E-state index contributed by atoms with van der Waals surface area (Å²) in [5.41, 5.74) is 6.84. The molecule has 0 aliphatic rings. The molecular weight excluding hydrogens is 276 g/mol. The summed E-state index contributed by atoms with van der Waals surface area (Å²) in [5, 5.41) is 3.56. The van der Waals surface area contributed by atoms with Crippen LogP contribution in [0.2, 0.25) is 5.02 Å². The summed E-state index contributed by atoms with van der Waals surface area (Å²) in [5.74, 6) is 0.193. The molecule has 0 saturated carbocycles. The van der Waals surface area contributed by atoms with Gasteiger partial charge in [-0.3, -0.25) is 4.79 Å². The summed E-state index contributed by atoms with van der Waals surface area (Å²) >= 11 is 6.12. The Hall–Kier alpha value is -2.20. The summed E-state index contributed by atoms with van der Waals surface area (Å²) in [6, 6.07) is 13.7. The third kappa shape index (κ3) is 3.22. The van der Waals surface area contributed by atoms with Crippen molar-refractivity contribution in [1.29, 1.82) is 0 Å². The van der Waals surface area contributed by atoms with Gasteiger partial charge in [0.05, 0.1) is 7.11 Å². The van der Waals surface area contributed by atoms with Crippen molar-refractivity contribution in [3.63, 3.8) is 0 Å². The first-order valence-electron chi connectivity index (χ1n) is 6.06.